The summed E-state index contributed by atoms with van der Waals surface area (Å²) in [5, 5.41) is 2.15. The summed E-state index contributed by atoms with van der Waals surface area (Å²) in [6, 6.07) is 12.5. The van der Waals surface area contributed by atoms with E-state index >= 15 is 0 Å². The van der Waals surface area contributed by atoms with Crippen molar-refractivity contribution in [1.82, 2.24) is 4.98 Å². The lowest BCUT2D eigenvalue weighted by Crippen LogP contribution is -2.39. The molecule has 0 N–H and O–H groups in total. The molecule has 146 valence electrons. The summed E-state index contributed by atoms with van der Waals surface area (Å²) in [5.74, 6) is -1.82. The molecule has 1 saturated heterocycles. The summed E-state index contributed by atoms with van der Waals surface area (Å²) >= 11 is 1.52. The van der Waals surface area contributed by atoms with Crippen molar-refractivity contribution in [1.29, 1.82) is 0 Å². The molecule has 0 atom stereocenters. The molecule has 4 rings (SSSR count). The highest BCUT2D eigenvalue weighted by atomic mass is 32.2. The van der Waals surface area contributed by atoms with E-state index in [0.717, 1.165) is 28.5 Å². The number of nitrogens with zero attached hydrogens (tertiary/aromatic N) is 2. The molecule has 0 bridgehead atoms. The summed E-state index contributed by atoms with van der Waals surface area (Å²) in [6.45, 7) is 1.04. The van der Waals surface area contributed by atoms with Gasteiger partial charge in [0.2, 0.25) is 0 Å². The largest absolute Gasteiger partial charge is 0.348 e. The molecule has 0 saturated carbocycles. The maximum Gasteiger partial charge on any atom is 0.185 e. The van der Waals surface area contributed by atoms with Crippen molar-refractivity contribution in [3.8, 4) is 11.3 Å². The van der Waals surface area contributed by atoms with Gasteiger partial charge in [0.25, 0.3) is 0 Å². The van der Waals surface area contributed by atoms with Crippen LogP contribution in [0, 0.1) is 11.6 Å². The third kappa shape index (κ3) is 3.66. The van der Waals surface area contributed by atoms with Crippen LogP contribution in [0.25, 0.3) is 11.3 Å². The molecule has 4 nitrogen and oxygen atoms in total. The van der Waals surface area contributed by atoms with Crippen molar-refractivity contribution >= 4 is 26.3 Å². The van der Waals surface area contributed by atoms with Gasteiger partial charge in [-0.3, -0.25) is 0 Å². The Labute approximate surface area is 166 Å². The lowest BCUT2D eigenvalue weighted by molar-refractivity contribution is 0.516. The maximum atomic E-state index is 14.0. The van der Waals surface area contributed by atoms with E-state index in [1.807, 2.05) is 35.7 Å². The van der Waals surface area contributed by atoms with Gasteiger partial charge in [0, 0.05) is 30.1 Å². The normalized spacial score (nSPS) is 15.7. The molecule has 3 aromatic rings. The number of benzene rings is 2. The molecule has 1 fully saturated rings. The van der Waals surface area contributed by atoms with Crippen LogP contribution in [-0.4, -0.2) is 31.7 Å². The Hall–Kier alpha value is -2.32. The smallest absolute Gasteiger partial charge is 0.185 e. The van der Waals surface area contributed by atoms with Gasteiger partial charge in [0.1, 0.15) is 16.5 Å². The van der Waals surface area contributed by atoms with Crippen LogP contribution in [-0.2, 0) is 9.84 Å². The predicted octanol–water partition coefficient (Wildman–Crippen LogP) is 4.53. The minimum Gasteiger partial charge on any atom is -0.348 e. The van der Waals surface area contributed by atoms with E-state index in [4.69, 9.17) is 0 Å². The fourth-order valence-corrected chi connectivity index (χ4v) is 6.06. The third-order valence-electron chi connectivity index (χ3n) is 4.91. The number of hydrogen-bond acceptors (Lipinski definition) is 5. The van der Waals surface area contributed by atoms with Gasteiger partial charge in [-0.25, -0.2) is 22.2 Å². The number of piperidine rings is 1. The van der Waals surface area contributed by atoms with Crippen LogP contribution in [0.1, 0.15) is 12.8 Å². The zero-order valence-corrected chi connectivity index (χ0v) is 16.5. The van der Waals surface area contributed by atoms with Gasteiger partial charge in [-0.2, -0.15) is 0 Å². The third-order valence-corrected chi connectivity index (χ3v) is 8.11. The van der Waals surface area contributed by atoms with Crippen LogP contribution in [0.5, 0.6) is 0 Å². The van der Waals surface area contributed by atoms with Crippen LogP contribution in [0.4, 0.5) is 13.9 Å². The second kappa shape index (κ2) is 7.60. The number of hydrogen-bond donors (Lipinski definition) is 0. The highest BCUT2D eigenvalue weighted by Gasteiger charge is 2.34. The minimum absolute atomic E-state index is 0.374. The zero-order valence-electron chi connectivity index (χ0n) is 14.9. The minimum atomic E-state index is -3.84. The molecule has 1 aliphatic rings. The molecule has 0 radical (unpaired) electrons. The lowest BCUT2D eigenvalue weighted by atomic mass is 10.1. The second-order valence-electron chi connectivity index (χ2n) is 6.69. The number of rotatable bonds is 4. The average Bonchev–Trinajstić information content (AvgIpc) is 3.19. The van der Waals surface area contributed by atoms with Crippen LogP contribution in [0.3, 0.4) is 0 Å². The first kappa shape index (κ1) is 19.0. The molecule has 8 heteroatoms. The fraction of sp³-hybridized carbons (Fsp3) is 0.250. The lowest BCUT2D eigenvalue weighted by Gasteiger charge is -2.31. The molecule has 0 amide bonds. The van der Waals surface area contributed by atoms with Crippen molar-refractivity contribution in [2.24, 2.45) is 0 Å². The Morgan fingerprint density at radius 1 is 1.04 bits per heavy atom. The molecule has 0 spiro atoms. The molecular weight excluding hydrogens is 402 g/mol. The maximum absolute atomic E-state index is 14.0. The van der Waals surface area contributed by atoms with E-state index in [-0.39, 0.29) is 0 Å². The zero-order chi connectivity index (χ0) is 19.7. The van der Waals surface area contributed by atoms with E-state index in [0.29, 0.717) is 32.0 Å². The number of anilines is 1. The van der Waals surface area contributed by atoms with E-state index in [9.17, 15) is 17.2 Å². The Bertz CT molecular complexity index is 1080. The van der Waals surface area contributed by atoms with E-state index in [2.05, 4.69) is 9.88 Å². The highest BCUT2D eigenvalue weighted by molar-refractivity contribution is 7.92. The second-order valence-corrected chi connectivity index (χ2v) is 9.72. The molecule has 2 heterocycles. The van der Waals surface area contributed by atoms with Crippen LogP contribution in [0.2, 0.25) is 0 Å². The molecule has 2 aromatic carbocycles. The van der Waals surface area contributed by atoms with Crippen molar-refractivity contribution in [3.05, 3.63) is 65.5 Å². The predicted molar refractivity (Wildman–Crippen MR) is 106 cm³/mol. The van der Waals surface area contributed by atoms with E-state index in [1.54, 1.807) is 0 Å². The summed E-state index contributed by atoms with van der Waals surface area (Å²) < 4.78 is 52.6. The van der Waals surface area contributed by atoms with Gasteiger partial charge < -0.3 is 4.90 Å². The fourth-order valence-electron chi connectivity index (χ4n) is 3.39. The first-order valence-electron chi connectivity index (χ1n) is 8.90. The summed E-state index contributed by atoms with van der Waals surface area (Å²) in [4.78, 5) is 6.30. The van der Waals surface area contributed by atoms with Crippen LogP contribution >= 0.6 is 11.3 Å². The Morgan fingerprint density at radius 3 is 2.43 bits per heavy atom. The molecule has 0 aliphatic carbocycles. The van der Waals surface area contributed by atoms with Crippen molar-refractivity contribution < 1.29 is 17.2 Å². The van der Waals surface area contributed by atoms with Gasteiger partial charge in [0.15, 0.2) is 15.0 Å². The van der Waals surface area contributed by atoms with Crippen molar-refractivity contribution in [3.63, 3.8) is 0 Å². The molecule has 28 heavy (non-hydrogen) atoms. The first-order chi connectivity index (χ1) is 13.4. The SMILES string of the molecule is O=S(=O)(c1ccc(F)cc1F)C1CCN(c2nc(-c3ccccc3)cs2)CC1. The van der Waals surface area contributed by atoms with Gasteiger partial charge in [-0.1, -0.05) is 30.3 Å². The number of sulfone groups is 1. The van der Waals surface area contributed by atoms with E-state index in [1.165, 1.54) is 11.3 Å². The molecule has 0 unspecified atom stereocenters. The van der Waals surface area contributed by atoms with Gasteiger partial charge >= 0.3 is 0 Å². The van der Waals surface area contributed by atoms with Gasteiger partial charge in [0.05, 0.1) is 10.9 Å². The first-order valence-corrected chi connectivity index (χ1v) is 11.3. The monoisotopic (exact) mass is 420 g/mol. The topological polar surface area (TPSA) is 50.3 Å². The van der Waals surface area contributed by atoms with Gasteiger partial charge in [-0.05, 0) is 25.0 Å². The summed E-state index contributed by atoms with van der Waals surface area (Å²) in [6.07, 6.45) is 0.749. The summed E-state index contributed by atoms with van der Waals surface area (Å²) in [5.41, 5.74) is 1.93. The number of thiazole rings is 1. The van der Waals surface area contributed by atoms with Crippen LogP contribution < -0.4 is 4.90 Å². The van der Waals surface area contributed by atoms with Gasteiger partial charge in [-0.15, -0.1) is 11.3 Å². The van der Waals surface area contributed by atoms with Crippen molar-refractivity contribution in [2.75, 3.05) is 18.0 Å². The highest BCUT2D eigenvalue weighted by Crippen LogP contribution is 2.32. The van der Waals surface area contributed by atoms with Crippen LogP contribution in [0.15, 0.2) is 58.8 Å². The molecule has 1 aromatic heterocycles. The Kier molecular flexibility index (Phi) is 5.16. The molecule has 1 aliphatic heterocycles. The standard InChI is InChI=1S/C20H18F2N2O2S2/c21-15-6-7-19(17(22)12-15)28(25,26)16-8-10-24(11-9-16)20-23-18(13-27-20)14-4-2-1-3-5-14/h1-7,12-13,16H,8-11H2. The number of aromatic nitrogens is 1. The average molecular weight is 421 g/mol. The quantitative estimate of drug-likeness (QED) is 0.582. The van der Waals surface area contributed by atoms with E-state index < -0.39 is 31.6 Å². The molecular formula is C20H18F2N2O2S2. The Balaban J connectivity index is 1.47. The number of halogens is 2. The Morgan fingerprint density at radius 2 is 1.75 bits per heavy atom. The van der Waals surface area contributed by atoms with Crippen molar-refractivity contribution in [2.45, 2.75) is 23.0 Å². The summed E-state index contributed by atoms with van der Waals surface area (Å²) in [7, 11) is -3.84.